The molecule has 2 aromatic carbocycles. The van der Waals surface area contributed by atoms with Crippen molar-refractivity contribution in [1.82, 2.24) is 19.9 Å². The summed E-state index contributed by atoms with van der Waals surface area (Å²) < 4.78 is 6.72. The standard InChI is InChI=1S/C24H24N4O3S/c1-15-13-20-22(25-15)23(30)28(18-7-5-4-6-8-18)24(27-20)32-14-21(29)26-16(2)17-9-11-19(31-3)12-10-17/h4-13,16,25H,14H2,1-3H3,(H,26,29)/t16-/m1/s1. The summed E-state index contributed by atoms with van der Waals surface area (Å²) in [6.07, 6.45) is 0. The number of para-hydroxylation sites is 1. The lowest BCUT2D eigenvalue weighted by atomic mass is 10.1. The highest BCUT2D eigenvalue weighted by atomic mass is 32.2. The van der Waals surface area contributed by atoms with Crippen molar-refractivity contribution in [1.29, 1.82) is 0 Å². The van der Waals surface area contributed by atoms with Gasteiger partial charge in [0.25, 0.3) is 5.56 Å². The van der Waals surface area contributed by atoms with Crippen molar-refractivity contribution in [3.05, 3.63) is 82.3 Å². The number of nitrogens with zero attached hydrogens (tertiary/aromatic N) is 2. The summed E-state index contributed by atoms with van der Waals surface area (Å²) >= 11 is 1.24. The molecule has 2 aromatic heterocycles. The van der Waals surface area contributed by atoms with Crippen LogP contribution in [-0.4, -0.2) is 33.3 Å². The summed E-state index contributed by atoms with van der Waals surface area (Å²) in [5, 5.41) is 3.47. The third-order valence-corrected chi connectivity index (χ3v) is 6.03. The molecule has 0 spiro atoms. The number of aromatic amines is 1. The Hall–Kier alpha value is -3.52. The minimum absolute atomic E-state index is 0.134. The second-order valence-corrected chi connectivity index (χ2v) is 8.38. The maximum absolute atomic E-state index is 13.2. The molecular weight excluding hydrogens is 424 g/mol. The van der Waals surface area contributed by atoms with Gasteiger partial charge in [0.15, 0.2) is 5.16 Å². The third-order valence-electron chi connectivity index (χ3n) is 5.10. The molecule has 8 heteroatoms. The maximum Gasteiger partial charge on any atom is 0.283 e. The van der Waals surface area contributed by atoms with Gasteiger partial charge in [0.2, 0.25) is 5.91 Å². The molecule has 0 saturated heterocycles. The number of ether oxygens (including phenoxy) is 1. The predicted octanol–water partition coefficient (Wildman–Crippen LogP) is 4.00. The Morgan fingerprint density at radius 3 is 2.59 bits per heavy atom. The summed E-state index contributed by atoms with van der Waals surface area (Å²) in [4.78, 5) is 33.6. The van der Waals surface area contributed by atoms with Crippen LogP contribution in [0.5, 0.6) is 5.75 Å². The number of carbonyl (C=O) groups is 1. The van der Waals surface area contributed by atoms with Gasteiger partial charge >= 0.3 is 0 Å². The first-order valence-corrected chi connectivity index (χ1v) is 11.2. The normalized spacial score (nSPS) is 12.0. The number of aromatic nitrogens is 3. The molecule has 32 heavy (non-hydrogen) atoms. The van der Waals surface area contributed by atoms with E-state index < -0.39 is 0 Å². The minimum Gasteiger partial charge on any atom is -0.497 e. The monoisotopic (exact) mass is 448 g/mol. The Morgan fingerprint density at radius 2 is 1.91 bits per heavy atom. The smallest absolute Gasteiger partial charge is 0.283 e. The number of H-pyrrole nitrogens is 1. The van der Waals surface area contributed by atoms with Gasteiger partial charge in [-0.2, -0.15) is 0 Å². The molecule has 0 aliphatic rings. The van der Waals surface area contributed by atoms with Crippen molar-refractivity contribution in [2.24, 2.45) is 0 Å². The van der Waals surface area contributed by atoms with Crippen LogP contribution in [0.1, 0.15) is 24.2 Å². The van der Waals surface area contributed by atoms with Crippen molar-refractivity contribution < 1.29 is 9.53 Å². The van der Waals surface area contributed by atoms with Crippen LogP contribution in [0.15, 0.2) is 70.6 Å². The lowest BCUT2D eigenvalue weighted by Crippen LogP contribution is -2.29. The van der Waals surface area contributed by atoms with E-state index >= 15 is 0 Å². The molecule has 7 nitrogen and oxygen atoms in total. The molecule has 0 bridgehead atoms. The van der Waals surface area contributed by atoms with Gasteiger partial charge in [0.05, 0.1) is 30.1 Å². The fourth-order valence-electron chi connectivity index (χ4n) is 3.47. The topological polar surface area (TPSA) is 89.0 Å². The van der Waals surface area contributed by atoms with Crippen molar-refractivity contribution >= 4 is 28.7 Å². The first kappa shape index (κ1) is 21.7. The summed E-state index contributed by atoms with van der Waals surface area (Å²) in [5.41, 5.74) is 3.39. The zero-order valence-corrected chi connectivity index (χ0v) is 18.9. The molecular formula is C24H24N4O3S. The van der Waals surface area contributed by atoms with Gasteiger partial charge in [-0.15, -0.1) is 0 Å². The van der Waals surface area contributed by atoms with Crippen LogP contribution < -0.4 is 15.6 Å². The van der Waals surface area contributed by atoms with Crippen LogP contribution in [0.3, 0.4) is 0 Å². The SMILES string of the molecule is COc1ccc([C@@H](C)NC(=O)CSc2nc3cc(C)[nH]c3c(=O)n2-c2ccccc2)cc1. The number of carbonyl (C=O) groups excluding carboxylic acids is 1. The van der Waals surface area contributed by atoms with Crippen LogP contribution in [0.2, 0.25) is 0 Å². The van der Waals surface area contributed by atoms with E-state index in [9.17, 15) is 9.59 Å². The molecule has 0 radical (unpaired) electrons. The van der Waals surface area contributed by atoms with Crippen LogP contribution in [0, 0.1) is 6.92 Å². The van der Waals surface area contributed by atoms with Gasteiger partial charge < -0.3 is 15.0 Å². The molecule has 2 N–H and O–H groups in total. The summed E-state index contributed by atoms with van der Waals surface area (Å²) in [5.74, 6) is 0.759. The average molecular weight is 449 g/mol. The van der Waals surface area contributed by atoms with Gasteiger partial charge in [0, 0.05) is 5.69 Å². The number of thioether (sulfide) groups is 1. The Balaban J connectivity index is 1.55. The third kappa shape index (κ3) is 4.55. The van der Waals surface area contributed by atoms with Crippen molar-refractivity contribution in [3.63, 3.8) is 0 Å². The second-order valence-electron chi connectivity index (χ2n) is 7.43. The van der Waals surface area contributed by atoms with Gasteiger partial charge in [-0.3, -0.25) is 14.2 Å². The van der Waals surface area contributed by atoms with Crippen LogP contribution in [0.25, 0.3) is 16.7 Å². The highest BCUT2D eigenvalue weighted by Gasteiger charge is 2.17. The molecule has 1 atom stereocenters. The zero-order chi connectivity index (χ0) is 22.7. The Kier molecular flexibility index (Phi) is 6.32. The summed E-state index contributed by atoms with van der Waals surface area (Å²) in [6, 6.07) is 18.6. The fraction of sp³-hybridized carbons (Fsp3) is 0.208. The number of amides is 1. The quantitative estimate of drug-likeness (QED) is 0.330. The number of hydrogen-bond donors (Lipinski definition) is 2. The Morgan fingerprint density at radius 1 is 1.19 bits per heavy atom. The highest BCUT2D eigenvalue weighted by Crippen LogP contribution is 2.22. The lowest BCUT2D eigenvalue weighted by molar-refractivity contribution is -0.119. The maximum atomic E-state index is 13.2. The molecule has 4 aromatic rings. The van der Waals surface area contributed by atoms with Gasteiger partial charge in [-0.25, -0.2) is 4.98 Å². The fourth-order valence-corrected chi connectivity index (χ4v) is 4.29. The number of benzene rings is 2. The molecule has 0 saturated carbocycles. The second kappa shape index (κ2) is 9.32. The number of hydrogen-bond acceptors (Lipinski definition) is 5. The Labute approximate surface area is 189 Å². The first-order valence-electron chi connectivity index (χ1n) is 10.2. The Bertz CT molecular complexity index is 1300. The van der Waals surface area contributed by atoms with E-state index in [1.807, 2.05) is 74.5 Å². The van der Waals surface area contributed by atoms with Crippen molar-refractivity contribution in [2.75, 3.05) is 12.9 Å². The number of methoxy groups -OCH3 is 1. The lowest BCUT2D eigenvalue weighted by Gasteiger charge is -2.15. The van der Waals surface area contributed by atoms with Gasteiger partial charge in [-0.1, -0.05) is 42.1 Å². The molecule has 164 valence electrons. The van der Waals surface area contributed by atoms with Gasteiger partial charge in [0.1, 0.15) is 11.3 Å². The van der Waals surface area contributed by atoms with E-state index in [1.54, 1.807) is 11.7 Å². The van der Waals surface area contributed by atoms with E-state index in [4.69, 9.17) is 4.74 Å². The largest absolute Gasteiger partial charge is 0.497 e. The minimum atomic E-state index is -0.191. The molecule has 1 amide bonds. The number of nitrogens with one attached hydrogen (secondary N) is 2. The van der Waals surface area contributed by atoms with E-state index in [1.165, 1.54) is 11.8 Å². The van der Waals surface area contributed by atoms with Crippen LogP contribution >= 0.6 is 11.8 Å². The number of aryl methyl sites for hydroxylation is 1. The molecule has 0 aliphatic heterocycles. The van der Waals surface area contributed by atoms with Crippen LogP contribution in [0.4, 0.5) is 0 Å². The molecule has 0 fully saturated rings. The highest BCUT2D eigenvalue weighted by molar-refractivity contribution is 7.99. The van der Waals surface area contributed by atoms with Crippen molar-refractivity contribution in [2.45, 2.75) is 25.0 Å². The first-order chi connectivity index (χ1) is 15.5. The van der Waals surface area contributed by atoms with E-state index in [0.717, 1.165) is 17.0 Å². The molecule has 2 heterocycles. The zero-order valence-electron chi connectivity index (χ0n) is 18.1. The summed E-state index contributed by atoms with van der Waals surface area (Å²) in [7, 11) is 1.62. The number of rotatable bonds is 7. The molecule has 4 rings (SSSR count). The summed E-state index contributed by atoms with van der Waals surface area (Å²) in [6.45, 7) is 3.81. The van der Waals surface area contributed by atoms with Crippen LogP contribution in [-0.2, 0) is 4.79 Å². The molecule has 0 unspecified atom stereocenters. The van der Waals surface area contributed by atoms with Crippen molar-refractivity contribution in [3.8, 4) is 11.4 Å². The van der Waals surface area contributed by atoms with E-state index in [2.05, 4.69) is 15.3 Å². The van der Waals surface area contributed by atoms with Gasteiger partial charge in [-0.05, 0) is 49.7 Å². The number of fused-ring (bicyclic) bond motifs is 1. The van der Waals surface area contributed by atoms with E-state index in [0.29, 0.717) is 21.9 Å². The predicted molar refractivity (Wildman–Crippen MR) is 127 cm³/mol. The van der Waals surface area contributed by atoms with E-state index in [-0.39, 0.29) is 23.3 Å². The average Bonchev–Trinajstić information content (AvgIpc) is 3.19. The molecule has 0 aliphatic carbocycles.